The number of aromatic nitrogens is 5. The van der Waals surface area contributed by atoms with Crippen molar-refractivity contribution in [1.82, 2.24) is 24.3 Å². The van der Waals surface area contributed by atoms with E-state index in [4.69, 9.17) is 4.42 Å². The van der Waals surface area contributed by atoms with Crippen molar-refractivity contribution in [2.75, 3.05) is 0 Å². The number of hydrogen-bond donors (Lipinski definition) is 0. The summed E-state index contributed by atoms with van der Waals surface area (Å²) in [6, 6.07) is 15.4. The molecule has 7 nitrogen and oxygen atoms in total. The van der Waals surface area contributed by atoms with Crippen LogP contribution >= 0.6 is 0 Å². The fraction of sp³-hybridized carbons (Fsp3) is 0.0476. The van der Waals surface area contributed by atoms with Crippen LogP contribution in [0.25, 0.3) is 28.0 Å². The van der Waals surface area contributed by atoms with Gasteiger partial charge in [-0.25, -0.2) is 19.0 Å². The highest BCUT2D eigenvalue weighted by atomic mass is 19.1. The molecule has 0 N–H and O–H groups in total. The number of para-hydroxylation sites is 1. The van der Waals surface area contributed by atoms with Crippen LogP contribution in [0.15, 0.2) is 82.5 Å². The number of oxazole rings is 1. The second kappa shape index (κ2) is 6.83. The molecule has 0 amide bonds. The zero-order valence-electron chi connectivity index (χ0n) is 15.1. The van der Waals surface area contributed by atoms with Gasteiger partial charge in [-0.2, -0.15) is 5.10 Å². The van der Waals surface area contributed by atoms with Crippen LogP contribution in [0, 0.1) is 5.82 Å². The van der Waals surface area contributed by atoms with Gasteiger partial charge in [0.15, 0.2) is 11.4 Å². The molecule has 0 aliphatic heterocycles. The van der Waals surface area contributed by atoms with E-state index >= 15 is 0 Å². The molecule has 2 aromatic carbocycles. The third-order valence-corrected chi connectivity index (χ3v) is 4.54. The Hall–Kier alpha value is -4.07. The predicted molar refractivity (Wildman–Crippen MR) is 104 cm³/mol. The van der Waals surface area contributed by atoms with Crippen LogP contribution in [0.1, 0.15) is 5.89 Å². The molecule has 0 aliphatic carbocycles. The maximum absolute atomic E-state index is 13.1. The van der Waals surface area contributed by atoms with E-state index in [1.54, 1.807) is 23.0 Å². The number of rotatable bonds is 4. The number of benzene rings is 2. The lowest BCUT2D eigenvalue weighted by molar-refractivity contribution is 0.484. The van der Waals surface area contributed by atoms with Crippen LogP contribution in [0.4, 0.5) is 4.39 Å². The zero-order chi connectivity index (χ0) is 19.8. The Bertz CT molecular complexity index is 1350. The van der Waals surface area contributed by atoms with Gasteiger partial charge in [0.25, 0.3) is 5.56 Å². The number of fused-ring (bicyclic) bond motifs is 1. The van der Waals surface area contributed by atoms with Gasteiger partial charge in [-0.15, -0.1) is 0 Å². The first kappa shape index (κ1) is 17.1. The van der Waals surface area contributed by atoms with E-state index < -0.39 is 0 Å². The molecule has 0 atom stereocenters. The Morgan fingerprint density at radius 1 is 0.966 bits per heavy atom. The molecule has 142 valence electrons. The average Bonchev–Trinajstić information content (AvgIpc) is 3.39. The minimum Gasteiger partial charge on any atom is -0.439 e. The van der Waals surface area contributed by atoms with Crippen molar-refractivity contribution < 1.29 is 8.81 Å². The van der Waals surface area contributed by atoms with Crippen LogP contribution in [-0.2, 0) is 6.54 Å². The Labute approximate surface area is 163 Å². The van der Waals surface area contributed by atoms with Gasteiger partial charge in [-0.1, -0.05) is 18.2 Å². The first-order chi connectivity index (χ1) is 14.2. The summed E-state index contributed by atoms with van der Waals surface area (Å²) in [7, 11) is 0. The molecule has 0 spiro atoms. The molecular weight excluding hydrogens is 373 g/mol. The monoisotopic (exact) mass is 387 g/mol. The molecule has 5 rings (SSSR count). The minimum atomic E-state index is -0.324. The van der Waals surface area contributed by atoms with E-state index in [1.165, 1.54) is 29.2 Å². The van der Waals surface area contributed by atoms with Crippen LogP contribution in [0.2, 0.25) is 0 Å². The lowest BCUT2D eigenvalue weighted by atomic mass is 10.2. The third kappa shape index (κ3) is 3.10. The summed E-state index contributed by atoms with van der Waals surface area (Å²) in [5.74, 6) is 0.525. The van der Waals surface area contributed by atoms with Crippen molar-refractivity contribution >= 4 is 11.0 Å². The molecule has 3 heterocycles. The average molecular weight is 387 g/mol. The first-order valence-corrected chi connectivity index (χ1v) is 8.88. The molecule has 0 saturated carbocycles. The number of halogens is 1. The van der Waals surface area contributed by atoms with Gasteiger partial charge in [0, 0.05) is 5.56 Å². The number of hydrogen-bond acceptors (Lipinski definition) is 5. The van der Waals surface area contributed by atoms with Crippen molar-refractivity contribution in [3.8, 4) is 17.0 Å². The van der Waals surface area contributed by atoms with E-state index in [9.17, 15) is 9.18 Å². The van der Waals surface area contributed by atoms with Crippen molar-refractivity contribution in [1.29, 1.82) is 0 Å². The summed E-state index contributed by atoms with van der Waals surface area (Å²) in [4.78, 5) is 21.5. The van der Waals surface area contributed by atoms with Gasteiger partial charge in [0.2, 0.25) is 5.89 Å². The summed E-state index contributed by atoms with van der Waals surface area (Å²) in [5.41, 5.74) is 1.77. The SMILES string of the molecule is O=c1c2cnn(-c3ccccc3)c2ncn1Cc1ncc(-c2ccc(F)cc2)o1. The quantitative estimate of drug-likeness (QED) is 0.472. The van der Waals surface area contributed by atoms with Crippen LogP contribution in [0.3, 0.4) is 0 Å². The van der Waals surface area contributed by atoms with Gasteiger partial charge in [-0.05, 0) is 36.4 Å². The molecule has 0 saturated heterocycles. The highest BCUT2D eigenvalue weighted by Gasteiger charge is 2.13. The van der Waals surface area contributed by atoms with E-state index in [0.29, 0.717) is 28.2 Å². The molecule has 0 bridgehead atoms. The molecule has 0 radical (unpaired) electrons. The van der Waals surface area contributed by atoms with E-state index in [-0.39, 0.29) is 17.9 Å². The molecule has 8 heteroatoms. The van der Waals surface area contributed by atoms with Gasteiger partial charge in [-0.3, -0.25) is 9.36 Å². The molecule has 29 heavy (non-hydrogen) atoms. The second-order valence-electron chi connectivity index (χ2n) is 6.43. The van der Waals surface area contributed by atoms with Gasteiger partial charge in [0.1, 0.15) is 24.1 Å². The summed E-state index contributed by atoms with van der Waals surface area (Å²) in [5, 5.41) is 4.70. The third-order valence-electron chi connectivity index (χ3n) is 4.54. The fourth-order valence-electron chi connectivity index (χ4n) is 3.10. The highest BCUT2D eigenvalue weighted by Crippen LogP contribution is 2.21. The maximum Gasteiger partial charge on any atom is 0.264 e. The Balaban J connectivity index is 1.47. The highest BCUT2D eigenvalue weighted by molar-refractivity contribution is 5.74. The van der Waals surface area contributed by atoms with Crippen LogP contribution < -0.4 is 5.56 Å². The van der Waals surface area contributed by atoms with E-state index in [0.717, 1.165) is 5.69 Å². The van der Waals surface area contributed by atoms with Crippen LogP contribution in [-0.4, -0.2) is 24.3 Å². The van der Waals surface area contributed by atoms with Crippen molar-refractivity contribution in [3.63, 3.8) is 0 Å². The standard InChI is InChI=1S/C21H14FN5O2/c22-15-8-6-14(7-9-15)18-11-23-19(29-18)12-26-13-24-20-17(21(26)28)10-25-27(20)16-4-2-1-3-5-16/h1-11,13H,12H2. The first-order valence-electron chi connectivity index (χ1n) is 8.88. The Morgan fingerprint density at radius 2 is 1.76 bits per heavy atom. The number of nitrogens with zero attached hydrogens (tertiary/aromatic N) is 5. The molecule has 0 fully saturated rings. The van der Waals surface area contributed by atoms with Crippen molar-refractivity contribution in [3.05, 3.63) is 95.4 Å². The summed E-state index contributed by atoms with van der Waals surface area (Å²) in [6.07, 6.45) is 4.51. The van der Waals surface area contributed by atoms with Gasteiger partial charge < -0.3 is 4.42 Å². The predicted octanol–water partition coefficient (Wildman–Crippen LogP) is 3.42. The normalized spacial score (nSPS) is 11.2. The molecule has 5 aromatic rings. The summed E-state index contributed by atoms with van der Waals surface area (Å²) >= 11 is 0. The summed E-state index contributed by atoms with van der Waals surface area (Å²) in [6.45, 7) is 0.124. The molecule has 3 aromatic heterocycles. The lowest BCUT2D eigenvalue weighted by Crippen LogP contribution is -2.21. The Morgan fingerprint density at radius 3 is 2.55 bits per heavy atom. The van der Waals surface area contributed by atoms with E-state index in [2.05, 4.69) is 15.1 Å². The second-order valence-corrected chi connectivity index (χ2v) is 6.43. The maximum atomic E-state index is 13.1. The molecule has 0 unspecified atom stereocenters. The smallest absolute Gasteiger partial charge is 0.264 e. The van der Waals surface area contributed by atoms with E-state index in [1.807, 2.05) is 30.3 Å². The van der Waals surface area contributed by atoms with Gasteiger partial charge in [0.05, 0.1) is 18.1 Å². The summed E-state index contributed by atoms with van der Waals surface area (Å²) < 4.78 is 21.8. The zero-order valence-corrected chi connectivity index (χ0v) is 15.1. The largest absolute Gasteiger partial charge is 0.439 e. The lowest BCUT2D eigenvalue weighted by Gasteiger charge is -2.04. The minimum absolute atomic E-state index is 0.124. The van der Waals surface area contributed by atoms with Gasteiger partial charge >= 0.3 is 0 Å². The topological polar surface area (TPSA) is 78.7 Å². The van der Waals surface area contributed by atoms with Crippen molar-refractivity contribution in [2.24, 2.45) is 0 Å². The van der Waals surface area contributed by atoms with Crippen molar-refractivity contribution in [2.45, 2.75) is 6.54 Å². The fourth-order valence-corrected chi connectivity index (χ4v) is 3.10. The molecular formula is C21H14FN5O2. The van der Waals surface area contributed by atoms with Crippen LogP contribution in [0.5, 0.6) is 0 Å². The Kier molecular flexibility index (Phi) is 4.02. The molecule has 0 aliphatic rings.